The maximum Gasteiger partial charge on any atom is 0.282 e. The van der Waals surface area contributed by atoms with Crippen LogP contribution in [0.3, 0.4) is 0 Å². The van der Waals surface area contributed by atoms with Gasteiger partial charge in [0.05, 0.1) is 44.0 Å². The summed E-state index contributed by atoms with van der Waals surface area (Å²) in [6.07, 6.45) is 9.91. The van der Waals surface area contributed by atoms with E-state index in [2.05, 4.69) is 64.8 Å². The molecule has 0 saturated heterocycles. The second-order valence-corrected chi connectivity index (χ2v) is 10.4. The van der Waals surface area contributed by atoms with E-state index in [-0.39, 0.29) is 18.1 Å². The highest BCUT2D eigenvalue weighted by Gasteiger charge is 2.17. The molecule has 2 unspecified atom stereocenters. The molecule has 46 heavy (non-hydrogen) atoms. The van der Waals surface area contributed by atoms with Gasteiger partial charge in [-0.2, -0.15) is 5.26 Å². The van der Waals surface area contributed by atoms with Crippen LogP contribution in [0, 0.1) is 11.3 Å². The van der Waals surface area contributed by atoms with Gasteiger partial charge in [-0.05, 0) is 61.1 Å². The molecule has 0 aliphatic carbocycles. The molecule has 0 bridgehead atoms. The fraction of sp³-hybridized carbons (Fsp3) is 0.281. The first-order valence-corrected chi connectivity index (χ1v) is 14.7. The number of nitriles is 1. The number of aromatic nitrogens is 4. The lowest BCUT2D eigenvalue weighted by atomic mass is 10.1. The van der Waals surface area contributed by atoms with Gasteiger partial charge < -0.3 is 36.3 Å². The zero-order valence-electron chi connectivity index (χ0n) is 25.3. The number of rotatable bonds is 11. The molecule has 2 aromatic heterocycles. The van der Waals surface area contributed by atoms with Crippen LogP contribution >= 0.6 is 0 Å². The van der Waals surface area contributed by atoms with Crippen LogP contribution < -0.4 is 26.8 Å². The van der Waals surface area contributed by atoms with Crippen molar-refractivity contribution in [2.75, 3.05) is 31.0 Å². The lowest BCUT2D eigenvalue weighted by Gasteiger charge is -2.08. The van der Waals surface area contributed by atoms with Crippen molar-refractivity contribution in [2.45, 2.75) is 37.8 Å². The Morgan fingerprint density at radius 2 is 1.30 bits per heavy atom. The molecule has 0 spiro atoms. The van der Waals surface area contributed by atoms with E-state index < -0.39 is 0 Å². The Bertz CT molecular complexity index is 1650. The van der Waals surface area contributed by atoms with Gasteiger partial charge >= 0.3 is 0 Å². The van der Waals surface area contributed by atoms with E-state index in [1.165, 1.54) is 23.5 Å². The summed E-state index contributed by atoms with van der Waals surface area (Å²) < 4.78 is 15.3. The summed E-state index contributed by atoms with van der Waals surface area (Å²) in [7, 11) is 1.59. The third-order valence-electron chi connectivity index (χ3n) is 7.07. The zero-order valence-corrected chi connectivity index (χ0v) is 25.3. The minimum atomic E-state index is 0.154. The minimum absolute atomic E-state index is 0.154. The number of nitrogens with zero attached hydrogens (tertiary/aromatic N) is 7. The Hall–Kier alpha value is -5.97. The lowest BCUT2D eigenvalue weighted by molar-refractivity contribution is 0.308. The SMILES string of the molecule is COc1cnc(Nc2ccc(CCC3COC(N)=N3)cc2)nc1.N#Cc1cnc(Nc2ccc(CCC3COC(N)=N3)cc2)cn1. The Kier molecular flexibility index (Phi) is 10.7. The molecule has 2 atom stereocenters. The van der Waals surface area contributed by atoms with E-state index >= 15 is 0 Å². The molecular formula is C32H35N11O3. The average molecular weight is 622 g/mol. The van der Waals surface area contributed by atoms with Gasteiger partial charge in [0.15, 0.2) is 11.4 Å². The maximum atomic E-state index is 8.70. The van der Waals surface area contributed by atoms with E-state index in [0.717, 1.165) is 37.1 Å². The predicted octanol–water partition coefficient (Wildman–Crippen LogP) is 3.61. The van der Waals surface area contributed by atoms with Crippen molar-refractivity contribution in [3.8, 4) is 11.8 Å². The van der Waals surface area contributed by atoms with Crippen LogP contribution in [0.5, 0.6) is 5.75 Å². The van der Waals surface area contributed by atoms with Gasteiger partial charge in [0.1, 0.15) is 25.1 Å². The molecule has 0 amide bonds. The highest BCUT2D eigenvalue weighted by atomic mass is 16.5. The Morgan fingerprint density at radius 1 is 0.761 bits per heavy atom. The van der Waals surface area contributed by atoms with Gasteiger partial charge in [-0.1, -0.05) is 24.3 Å². The van der Waals surface area contributed by atoms with Crippen LogP contribution in [0.15, 0.2) is 83.3 Å². The molecule has 2 aliphatic heterocycles. The summed E-state index contributed by atoms with van der Waals surface area (Å²) in [5, 5.41) is 15.0. The molecule has 236 valence electrons. The van der Waals surface area contributed by atoms with E-state index in [1.807, 2.05) is 30.3 Å². The van der Waals surface area contributed by atoms with Gasteiger partial charge in [-0.25, -0.2) is 29.9 Å². The summed E-state index contributed by atoms with van der Waals surface area (Å²) in [5.41, 5.74) is 15.6. The smallest absolute Gasteiger partial charge is 0.282 e. The molecule has 14 heteroatoms. The minimum Gasteiger partial charge on any atom is -0.494 e. The molecule has 14 nitrogen and oxygen atoms in total. The summed E-state index contributed by atoms with van der Waals surface area (Å²) >= 11 is 0. The van der Waals surface area contributed by atoms with Crippen molar-refractivity contribution in [1.82, 2.24) is 19.9 Å². The third kappa shape index (κ3) is 9.52. The van der Waals surface area contributed by atoms with Gasteiger partial charge in [-0.15, -0.1) is 0 Å². The third-order valence-corrected chi connectivity index (χ3v) is 7.07. The normalized spacial score (nSPS) is 16.4. The van der Waals surface area contributed by atoms with E-state index in [9.17, 15) is 0 Å². The standard InChI is InChI=1S/C16H16N6O.C16H19N5O2/c17-7-14-8-20-15(9-19-14)21-12-4-1-11(2-5-12)3-6-13-10-23-16(18)22-13;1-22-14-8-18-16(19-9-14)21-12-5-2-11(3-6-12)4-7-13-10-23-15(17)20-13/h1-2,4-5,8-9,13H,3,6,10H2,(H2,18,22)(H,20,21);2-3,5-6,8-9,13H,4,7,10H2,1H3,(H2,17,20)(H,18,19,21). The number of aryl methyl sites for hydroxylation is 2. The average Bonchev–Trinajstić information content (AvgIpc) is 3.72. The number of hydrogen-bond donors (Lipinski definition) is 4. The molecule has 0 saturated carbocycles. The van der Waals surface area contributed by atoms with Crippen LogP contribution in [0.25, 0.3) is 0 Å². The fourth-order valence-corrected chi connectivity index (χ4v) is 4.56. The van der Waals surface area contributed by atoms with Crippen LogP contribution in [-0.2, 0) is 22.3 Å². The molecule has 4 aromatic rings. The van der Waals surface area contributed by atoms with E-state index in [0.29, 0.717) is 42.4 Å². The number of benzene rings is 2. The van der Waals surface area contributed by atoms with Gasteiger partial charge in [0, 0.05) is 11.4 Å². The van der Waals surface area contributed by atoms with Gasteiger partial charge in [-0.3, -0.25) is 0 Å². The highest BCUT2D eigenvalue weighted by molar-refractivity contribution is 5.73. The number of nitrogens with two attached hydrogens (primary N) is 2. The molecule has 2 aromatic carbocycles. The van der Waals surface area contributed by atoms with Crippen molar-refractivity contribution in [1.29, 1.82) is 5.26 Å². The van der Waals surface area contributed by atoms with Gasteiger partial charge in [0.25, 0.3) is 12.0 Å². The maximum absolute atomic E-state index is 8.70. The topological polar surface area (TPSA) is 204 Å². The van der Waals surface area contributed by atoms with Crippen molar-refractivity contribution in [3.05, 3.63) is 90.1 Å². The second kappa shape index (κ2) is 15.7. The first-order valence-electron chi connectivity index (χ1n) is 14.7. The van der Waals surface area contributed by atoms with E-state index in [1.54, 1.807) is 19.5 Å². The fourth-order valence-electron chi connectivity index (χ4n) is 4.56. The van der Waals surface area contributed by atoms with Crippen molar-refractivity contribution in [2.24, 2.45) is 21.5 Å². The summed E-state index contributed by atoms with van der Waals surface area (Å²) in [6.45, 7) is 1.16. The largest absolute Gasteiger partial charge is 0.494 e. The number of aliphatic imine (C=N–C) groups is 2. The van der Waals surface area contributed by atoms with Gasteiger partial charge in [0.2, 0.25) is 5.95 Å². The number of amidine groups is 2. The second-order valence-electron chi connectivity index (χ2n) is 10.4. The molecule has 0 radical (unpaired) electrons. The summed E-state index contributed by atoms with van der Waals surface area (Å²) in [4.78, 5) is 24.9. The van der Waals surface area contributed by atoms with Crippen molar-refractivity contribution < 1.29 is 14.2 Å². The van der Waals surface area contributed by atoms with Crippen molar-refractivity contribution in [3.63, 3.8) is 0 Å². The molecule has 6 rings (SSSR count). The summed E-state index contributed by atoms with van der Waals surface area (Å²) in [6, 6.07) is 19.1. The number of anilines is 4. The number of ether oxygens (including phenoxy) is 3. The zero-order chi connectivity index (χ0) is 32.1. The van der Waals surface area contributed by atoms with Crippen LogP contribution in [0.2, 0.25) is 0 Å². The number of nitrogens with one attached hydrogen (secondary N) is 2. The number of hydrogen-bond acceptors (Lipinski definition) is 14. The van der Waals surface area contributed by atoms with Crippen LogP contribution in [0.1, 0.15) is 29.7 Å². The first-order chi connectivity index (χ1) is 22.4. The molecule has 6 N–H and O–H groups in total. The lowest BCUT2D eigenvalue weighted by Crippen LogP contribution is -2.10. The Morgan fingerprint density at radius 3 is 1.74 bits per heavy atom. The van der Waals surface area contributed by atoms with Crippen molar-refractivity contribution >= 4 is 35.2 Å². The molecule has 2 aliphatic rings. The Labute approximate surface area is 266 Å². The summed E-state index contributed by atoms with van der Waals surface area (Å²) in [5.74, 6) is 1.77. The quantitative estimate of drug-likeness (QED) is 0.190. The van der Waals surface area contributed by atoms with E-state index in [4.69, 9.17) is 30.9 Å². The van der Waals surface area contributed by atoms with Crippen LogP contribution in [0.4, 0.5) is 23.1 Å². The molecular weight excluding hydrogens is 586 g/mol. The molecule has 0 fully saturated rings. The Balaban J connectivity index is 0.000000181. The first kappa shape index (κ1) is 31.5. The highest BCUT2D eigenvalue weighted by Crippen LogP contribution is 2.19. The van der Waals surface area contributed by atoms with Crippen LogP contribution in [-0.4, -0.2) is 64.4 Å². The molecule has 4 heterocycles. The monoisotopic (exact) mass is 621 g/mol. The predicted molar refractivity (Wildman–Crippen MR) is 174 cm³/mol. The number of methoxy groups -OCH3 is 1.